The molecule has 4 aromatic rings. The molecule has 0 aliphatic carbocycles. The normalized spacial score (nSPS) is 15.9. The number of fused-ring (bicyclic) bond motifs is 1. The van der Waals surface area contributed by atoms with Gasteiger partial charge in [-0.2, -0.15) is 19.7 Å². The molecule has 10 nitrogen and oxygen atoms in total. The Morgan fingerprint density at radius 3 is 2.74 bits per heavy atom. The van der Waals surface area contributed by atoms with E-state index in [1.54, 1.807) is 33.9 Å². The summed E-state index contributed by atoms with van der Waals surface area (Å²) in [6.45, 7) is 4.68. The van der Waals surface area contributed by atoms with Gasteiger partial charge in [0.1, 0.15) is 35.2 Å². The van der Waals surface area contributed by atoms with E-state index in [1.165, 1.54) is 12.4 Å². The molecule has 1 amide bonds. The van der Waals surface area contributed by atoms with Gasteiger partial charge >= 0.3 is 0 Å². The van der Waals surface area contributed by atoms with Crippen LogP contribution < -0.4 is 10.5 Å². The number of hydrogen-bond acceptors (Lipinski definition) is 8. The summed E-state index contributed by atoms with van der Waals surface area (Å²) in [5.41, 5.74) is 7.14. The van der Waals surface area contributed by atoms with Crippen LogP contribution in [0.1, 0.15) is 32.7 Å². The zero-order valence-electron chi connectivity index (χ0n) is 21.6. The van der Waals surface area contributed by atoms with Crippen LogP contribution in [0.5, 0.6) is 11.6 Å². The van der Waals surface area contributed by atoms with Gasteiger partial charge in [0, 0.05) is 19.2 Å². The maximum atomic E-state index is 15.3. The molecular formula is C28H27FN8O2. The van der Waals surface area contributed by atoms with E-state index in [-0.39, 0.29) is 46.4 Å². The van der Waals surface area contributed by atoms with Gasteiger partial charge in [-0.1, -0.05) is 38.1 Å². The van der Waals surface area contributed by atoms with E-state index in [0.29, 0.717) is 42.7 Å². The molecule has 2 N–H and O–H groups in total. The Morgan fingerprint density at radius 2 is 2.03 bits per heavy atom. The van der Waals surface area contributed by atoms with Crippen LogP contribution >= 0.6 is 0 Å². The number of benzene rings is 1. The summed E-state index contributed by atoms with van der Waals surface area (Å²) >= 11 is 0. The lowest BCUT2D eigenvalue weighted by molar-refractivity contribution is -0.128. The number of nitriles is 1. The van der Waals surface area contributed by atoms with E-state index in [0.717, 1.165) is 0 Å². The first-order valence-corrected chi connectivity index (χ1v) is 12.7. The number of ether oxygens (including phenoxy) is 1. The predicted octanol–water partition coefficient (Wildman–Crippen LogP) is 4.67. The fourth-order valence-corrected chi connectivity index (χ4v) is 4.70. The van der Waals surface area contributed by atoms with Crippen LogP contribution in [0.2, 0.25) is 0 Å². The van der Waals surface area contributed by atoms with Crippen LogP contribution in [-0.2, 0) is 4.79 Å². The number of halogens is 1. The fraction of sp³-hybridized carbons (Fsp3) is 0.286. The molecule has 11 heteroatoms. The van der Waals surface area contributed by atoms with Crippen molar-refractivity contribution in [1.29, 1.82) is 5.26 Å². The maximum absolute atomic E-state index is 15.3. The summed E-state index contributed by atoms with van der Waals surface area (Å²) in [6, 6.07) is 13.8. The van der Waals surface area contributed by atoms with Gasteiger partial charge in [-0.3, -0.25) is 4.79 Å². The zero-order valence-corrected chi connectivity index (χ0v) is 21.6. The lowest BCUT2D eigenvalue weighted by atomic mass is 10.0. The van der Waals surface area contributed by atoms with Crippen LogP contribution in [0.4, 0.5) is 10.2 Å². The minimum Gasteiger partial charge on any atom is -0.439 e. The van der Waals surface area contributed by atoms with E-state index in [4.69, 9.17) is 15.6 Å². The van der Waals surface area contributed by atoms with Crippen molar-refractivity contribution in [1.82, 2.24) is 29.6 Å². The summed E-state index contributed by atoms with van der Waals surface area (Å²) in [5.74, 6) is -0.249. The average molecular weight is 527 g/mol. The van der Waals surface area contributed by atoms with Gasteiger partial charge in [0.2, 0.25) is 11.8 Å². The minimum atomic E-state index is -0.781. The molecule has 1 aliphatic heterocycles. The summed E-state index contributed by atoms with van der Waals surface area (Å²) < 4.78 is 22.7. The van der Waals surface area contributed by atoms with Gasteiger partial charge in [-0.05, 0) is 37.0 Å². The highest BCUT2D eigenvalue weighted by Gasteiger charge is 2.30. The molecule has 198 valence electrons. The quantitative estimate of drug-likeness (QED) is 0.217. The third-order valence-corrected chi connectivity index (χ3v) is 6.44. The molecule has 39 heavy (non-hydrogen) atoms. The highest BCUT2D eigenvalue weighted by molar-refractivity contribution is 5.99. The van der Waals surface area contributed by atoms with Gasteiger partial charge in [0.25, 0.3) is 5.91 Å². The number of nitrogens with two attached hydrogens (primary N) is 1. The summed E-state index contributed by atoms with van der Waals surface area (Å²) in [6.07, 6.45) is 4.41. The van der Waals surface area contributed by atoms with E-state index in [2.05, 4.69) is 15.0 Å². The second-order valence-electron chi connectivity index (χ2n) is 9.64. The second kappa shape index (κ2) is 10.9. The Hall–Kier alpha value is -4.85. The first-order valence-electron chi connectivity index (χ1n) is 12.7. The lowest BCUT2D eigenvalue weighted by Crippen LogP contribution is -2.41. The smallest absolute Gasteiger partial charge is 0.264 e. The van der Waals surface area contributed by atoms with Gasteiger partial charge in [-0.25, -0.2) is 14.6 Å². The average Bonchev–Trinajstić information content (AvgIpc) is 3.33. The number of piperidine rings is 1. The molecule has 0 spiro atoms. The number of pyridine rings is 1. The van der Waals surface area contributed by atoms with Crippen molar-refractivity contribution >= 4 is 22.8 Å². The first kappa shape index (κ1) is 25.8. The summed E-state index contributed by atoms with van der Waals surface area (Å²) in [4.78, 5) is 27.2. The van der Waals surface area contributed by atoms with Gasteiger partial charge in [0.05, 0.1) is 17.0 Å². The van der Waals surface area contributed by atoms with Crippen molar-refractivity contribution in [3.05, 3.63) is 66.4 Å². The number of nitrogen functional groups attached to an aromatic ring is 1. The first-order chi connectivity index (χ1) is 18.9. The van der Waals surface area contributed by atoms with E-state index in [9.17, 15) is 10.1 Å². The number of allylic oxidation sites excluding steroid dienone is 1. The molecular weight excluding hydrogens is 499 g/mol. The van der Waals surface area contributed by atoms with Crippen molar-refractivity contribution in [2.24, 2.45) is 5.92 Å². The molecule has 0 saturated carbocycles. The molecule has 0 bridgehead atoms. The molecule has 1 aromatic carbocycles. The van der Waals surface area contributed by atoms with Crippen LogP contribution in [0.3, 0.4) is 0 Å². The lowest BCUT2D eigenvalue weighted by Gasteiger charge is -2.33. The number of carbonyl (C=O) groups is 1. The third kappa shape index (κ3) is 5.27. The van der Waals surface area contributed by atoms with Crippen molar-refractivity contribution in [2.75, 3.05) is 18.8 Å². The standard InChI is InChI=1S/C28H27FN8O2/c1-17(2)13-18(14-30)28(38)36-12-6-7-19(15-36)37-27-23(26(31)32-16-33-27)24(35-37)21-10-11-22(34-25(21)29)39-20-8-4-3-5-9-20/h3-5,8-11,13,16-17,19H,6-7,12,15H2,1-2H3,(H2,31,32,33)/t19-/m1/s1. The predicted molar refractivity (Wildman–Crippen MR) is 143 cm³/mol. The van der Waals surface area contributed by atoms with Crippen LogP contribution in [0, 0.1) is 23.2 Å². The number of nitrogens with zero attached hydrogens (tertiary/aromatic N) is 7. The number of anilines is 1. The van der Waals surface area contributed by atoms with Crippen molar-refractivity contribution in [2.45, 2.75) is 32.7 Å². The van der Waals surface area contributed by atoms with Gasteiger partial charge < -0.3 is 15.4 Å². The largest absolute Gasteiger partial charge is 0.439 e. The number of amides is 1. The number of aromatic nitrogens is 5. The number of para-hydroxylation sites is 1. The maximum Gasteiger partial charge on any atom is 0.264 e. The van der Waals surface area contributed by atoms with Crippen molar-refractivity contribution in [3.63, 3.8) is 0 Å². The number of carbonyl (C=O) groups excluding carboxylic acids is 1. The number of hydrogen-bond donors (Lipinski definition) is 1. The van der Waals surface area contributed by atoms with Crippen LogP contribution in [0.25, 0.3) is 22.3 Å². The number of rotatable bonds is 6. The molecule has 3 aromatic heterocycles. The molecule has 1 atom stereocenters. The Bertz CT molecular complexity index is 1590. The van der Waals surface area contributed by atoms with Gasteiger partial charge in [-0.15, -0.1) is 0 Å². The Labute approximate surface area is 224 Å². The van der Waals surface area contributed by atoms with Crippen molar-refractivity contribution < 1.29 is 13.9 Å². The molecule has 4 heterocycles. The van der Waals surface area contributed by atoms with E-state index in [1.807, 2.05) is 38.1 Å². The van der Waals surface area contributed by atoms with Crippen molar-refractivity contribution in [3.8, 4) is 29.0 Å². The molecule has 1 fully saturated rings. The third-order valence-electron chi connectivity index (χ3n) is 6.44. The Balaban J connectivity index is 1.49. The SMILES string of the molecule is CC(C)C=C(C#N)C(=O)N1CCC[C@@H](n2nc(-c3ccc(Oc4ccccc4)nc3F)c3c(N)ncnc32)C1. The summed E-state index contributed by atoms with van der Waals surface area (Å²) in [5, 5.41) is 14.6. The molecule has 1 aliphatic rings. The second-order valence-corrected chi connectivity index (χ2v) is 9.64. The Kier molecular flexibility index (Phi) is 7.19. The monoisotopic (exact) mass is 526 g/mol. The van der Waals surface area contributed by atoms with Gasteiger partial charge in [0.15, 0.2) is 5.65 Å². The zero-order chi connectivity index (χ0) is 27.5. The fourth-order valence-electron chi connectivity index (χ4n) is 4.70. The number of likely N-dealkylation sites (tertiary alicyclic amines) is 1. The highest BCUT2D eigenvalue weighted by atomic mass is 19.1. The Morgan fingerprint density at radius 1 is 1.23 bits per heavy atom. The molecule has 0 unspecified atom stereocenters. The molecule has 1 saturated heterocycles. The topological polar surface area (TPSA) is 136 Å². The molecule has 5 rings (SSSR count). The minimum absolute atomic E-state index is 0.0643. The van der Waals surface area contributed by atoms with Crippen LogP contribution in [-0.4, -0.2) is 48.6 Å². The molecule has 0 radical (unpaired) electrons. The highest BCUT2D eigenvalue weighted by Crippen LogP contribution is 2.35. The summed E-state index contributed by atoms with van der Waals surface area (Å²) in [7, 11) is 0. The van der Waals surface area contributed by atoms with E-state index < -0.39 is 5.95 Å². The van der Waals surface area contributed by atoms with E-state index >= 15 is 4.39 Å². The van der Waals surface area contributed by atoms with Crippen LogP contribution in [0.15, 0.2) is 60.4 Å².